The molecule has 1 aliphatic heterocycles. The van der Waals surface area contributed by atoms with Crippen molar-refractivity contribution in [3.05, 3.63) is 41.1 Å². The molecule has 0 spiro atoms. The van der Waals surface area contributed by atoms with Crippen molar-refractivity contribution in [2.45, 2.75) is 38.4 Å². The summed E-state index contributed by atoms with van der Waals surface area (Å²) in [4.78, 5) is 16.6. The summed E-state index contributed by atoms with van der Waals surface area (Å²) in [6, 6.07) is 7.27. The second-order valence-corrected chi connectivity index (χ2v) is 7.17. The van der Waals surface area contributed by atoms with Crippen LogP contribution in [-0.4, -0.2) is 33.0 Å². The van der Waals surface area contributed by atoms with Crippen LogP contribution in [0.3, 0.4) is 0 Å². The molecule has 2 aromatic rings. The Kier molecular flexibility index (Phi) is 5.51. The second kappa shape index (κ2) is 7.82. The van der Waals surface area contributed by atoms with Gasteiger partial charge in [-0.1, -0.05) is 37.7 Å². The fourth-order valence-corrected chi connectivity index (χ4v) is 3.47. The van der Waals surface area contributed by atoms with Crippen LogP contribution in [-0.2, 0) is 4.79 Å². The minimum atomic E-state index is -0.475. The molecule has 0 fully saturated rings. The van der Waals surface area contributed by atoms with Gasteiger partial charge in [0.15, 0.2) is 0 Å². The number of anilines is 1. The van der Waals surface area contributed by atoms with Crippen molar-refractivity contribution in [3.8, 4) is 5.75 Å². The van der Waals surface area contributed by atoms with E-state index < -0.39 is 11.9 Å². The SMILES string of the molecule is CCCOc1ccc(C2C(C(N)=O)=C(C)Nc3nc(SCC)nn32)cc1. The molecule has 0 bridgehead atoms. The van der Waals surface area contributed by atoms with E-state index >= 15 is 0 Å². The first-order valence-corrected chi connectivity index (χ1v) is 9.63. The summed E-state index contributed by atoms with van der Waals surface area (Å²) < 4.78 is 7.37. The maximum Gasteiger partial charge on any atom is 0.248 e. The van der Waals surface area contributed by atoms with E-state index in [1.54, 1.807) is 16.4 Å². The van der Waals surface area contributed by atoms with Crippen molar-refractivity contribution in [1.29, 1.82) is 0 Å². The minimum Gasteiger partial charge on any atom is -0.494 e. The van der Waals surface area contributed by atoms with E-state index in [-0.39, 0.29) is 0 Å². The van der Waals surface area contributed by atoms with Crippen molar-refractivity contribution >= 4 is 23.6 Å². The number of hydrogen-bond acceptors (Lipinski definition) is 6. The van der Waals surface area contributed by atoms with Gasteiger partial charge in [0.1, 0.15) is 11.8 Å². The number of hydrogen-bond donors (Lipinski definition) is 2. The maximum atomic E-state index is 12.1. The average Bonchev–Trinajstić information content (AvgIpc) is 3.01. The maximum absolute atomic E-state index is 12.1. The van der Waals surface area contributed by atoms with Gasteiger partial charge in [0.2, 0.25) is 17.0 Å². The zero-order valence-corrected chi connectivity index (χ0v) is 16.0. The van der Waals surface area contributed by atoms with Crippen LogP contribution in [0.5, 0.6) is 5.75 Å². The van der Waals surface area contributed by atoms with Gasteiger partial charge in [-0.2, -0.15) is 4.98 Å². The van der Waals surface area contributed by atoms with Gasteiger partial charge in [0.05, 0.1) is 12.2 Å². The Morgan fingerprint density at radius 3 is 2.69 bits per heavy atom. The molecule has 8 heteroatoms. The van der Waals surface area contributed by atoms with Crippen molar-refractivity contribution < 1.29 is 9.53 Å². The summed E-state index contributed by atoms with van der Waals surface area (Å²) in [5.41, 5.74) is 7.76. The largest absolute Gasteiger partial charge is 0.494 e. The van der Waals surface area contributed by atoms with E-state index in [2.05, 4.69) is 22.3 Å². The number of benzene rings is 1. The second-order valence-electron chi connectivity index (χ2n) is 5.94. The van der Waals surface area contributed by atoms with E-state index in [1.807, 2.05) is 38.1 Å². The highest BCUT2D eigenvalue weighted by Gasteiger charge is 2.33. The Bertz CT molecular complexity index is 829. The lowest BCUT2D eigenvalue weighted by Crippen LogP contribution is -2.31. The summed E-state index contributed by atoms with van der Waals surface area (Å²) in [6.45, 7) is 6.61. The lowest BCUT2D eigenvalue weighted by molar-refractivity contribution is -0.115. The standard InChI is InChI=1S/C18H23N5O2S/c1-4-10-25-13-8-6-12(7-9-13)15-14(16(19)24)11(3)20-17-21-18(26-5-2)22-23(15)17/h6-9,15H,4-5,10H2,1-3H3,(H2,19,24)(H,20,21,22). The molecule has 2 heterocycles. The number of rotatable bonds is 7. The number of thioether (sulfide) groups is 1. The van der Waals surface area contributed by atoms with Gasteiger partial charge in [-0.25, -0.2) is 4.68 Å². The molecule has 3 rings (SSSR count). The van der Waals surface area contributed by atoms with E-state index in [0.717, 1.165) is 23.5 Å². The molecule has 7 nitrogen and oxygen atoms in total. The lowest BCUT2D eigenvalue weighted by Gasteiger charge is -2.27. The molecule has 1 amide bonds. The topological polar surface area (TPSA) is 95.1 Å². The number of ether oxygens (including phenoxy) is 1. The predicted octanol–water partition coefficient (Wildman–Crippen LogP) is 2.95. The number of carbonyl (C=O) groups is 1. The number of nitrogens with zero attached hydrogens (tertiary/aromatic N) is 3. The number of nitrogens with two attached hydrogens (primary N) is 1. The van der Waals surface area contributed by atoms with Crippen LogP contribution in [0.4, 0.5) is 5.95 Å². The summed E-state index contributed by atoms with van der Waals surface area (Å²) in [6.07, 6.45) is 0.948. The number of amides is 1. The number of fused-ring (bicyclic) bond motifs is 1. The number of nitrogens with one attached hydrogen (secondary N) is 1. The van der Waals surface area contributed by atoms with E-state index in [9.17, 15) is 4.79 Å². The van der Waals surface area contributed by atoms with Crippen LogP contribution in [0.2, 0.25) is 0 Å². The van der Waals surface area contributed by atoms with E-state index in [4.69, 9.17) is 10.5 Å². The molecule has 0 aliphatic carbocycles. The lowest BCUT2D eigenvalue weighted by atomic mass is 9.95. The van der Waals surface area contributed by atoms with E-state index in [0.29, 0.717) is 29.0 Å². The molecule has 0 saturated heterocycles. The minimum absolute atomic E-state index is 0.414. The van der Waals surface area contributed by atoms with Crippen molar-refractivity contribution in [1.82, 2.24) is 14.8 Å². The molecule has 0 radical (unpaired) electrons. The molecular weight excluding hydrogens is 350 g/mol. The van der Waals surface area contributed by atoms with Gasteiger partial charge in [-0.05, 0) is 36.8 Å². The van der Waals surface area contributed by atoms with Gasteiger partial charge < -0.3 is 15.8 Å². The third-order valence-corrected chi connectivity index (χ3v) is 4.76. The Balaban J connectivity index is 2.02. The number of carbonyl (C=O) groups excluding carboxylic acids is 1. The predicted molar refractivity (Wildman–Crippen MR) is 102 cm³/mol. The fourth-order valence-electron chi connectivity index (χ4n) is 2.92. The Labute approximate surface area is 157 Å². The zero-order valence-electron chi connectivity index (χ0n) is 15.2. The van der Waals surface area contributed by atoms with E-state index in [1.165, 1.54) is 0 Å². The number of primary amides is 1. The molecule has 1 atom stereocenters. The van der Waals surface area contributed by atoms with Gasteiger partial charge >= 0.3 is 0 Å². The summed E-state index contributed by atoms with van der Waals surface area (Å²) >= 11 is 1.55. The van der Waals surface area contributed by atoms with Crippen molar-refractivity contribution in [2.75, 3.05) is 17.7 Å². The molecule has 0 saturated carbocycles. The zero-order chi connectivity index (χ0) is 18.7. The first kappa shape index (κ1) is 18.3. The molecule has 1 aromatic heterocycles. The Hall–Kier alpha value is -2.48. The quantitative estimate of drug-likeness (QED) is 0.725. The smallest absolute Gasteiger partial charge is 0.248 e. The van der Waals surface area contributed by atoms with Crippen molar-refractivity contribution in [2.24, 2.45) is 5.73 Å². The highest BCUT2D eigenvalue weighted by Crippen LogP contribution is 2.36. The molecule has 138 valence electrons. The van der Waals surface area contributed by atoms with Gasteiger partial charge in [0, 0.05) is 5.70 Å². The van der Waals surface area contributed by atoms with Gasteiger partial charge in [-0.15, -0.1) is 5.10 Å². The fraction of sp³-hybridized carbons (Fsp3) is 0.389. The van der Waals surface area contributed by atoms with Crippen LogP contribution < -0.4 is 15.8 Å². The van der Waals surface area contributed by atoms with Gasteiger partial charge in [0.25, 0.3) is 0 Å². The first-order chi connectivity index (χ1) is 12.5. The molecule has 26 heavy (non-hydrogen) atoms. The van der Waals surface area contributed by atoms with Crippen LogP contribution in [0, 0.1) is 0 Å². The molecular formula is C18H23N5O2S. The number of allylic oxidation sites excluding steroid dienone is 1. The number of aromatic nitrogens is 3. The third-order valence-electron chi connectivity index (χ3n) is 4.04. The third kappa shape index (κ3) is 3.55. The average molecular weight is 373 g/mol. The summed E-state index contributed by atoms with van der Waals surface area (Å²) in [5.74, 6) is 1.80. The highest BCUT2D eigenvalue weighted by atomic mass is 32.2. The van der Waals surface area contributed by atoms with Crippen molar-refractivity contribution in [3.63, 3.8) is 0 Å². The molecule has 3 N–H and O–H groups in total. The van der Waals surface area contributed by atoms with Crippen LogP contribution in [0.15, 0.2) is 40.7 Å². The Morgan fingerprint density at radius 1 is 1.35 bits per heavy atom. The molecule has 1 unspecified atom stereocenters. The van der Waals surface area contributed by atoms with Gasteiger partial charge in [-0.3, -0.25) is 4.79 Å². The molecule has 1 aliphatic rings. The first-order valence-electron chi connectivity index (χ1n) is 8.64. The monoisotopic (exact) mass is 373 g/mol. The summed E-state index contributed by atoms with van der Waals surface area (Å²) in [5, 5.41) is 8.38. The normalized spacial score (nSPS) is 16.2. The molecule has 1 aromatic carbocycles. The Morgan fingerprint density at radius 2 is 2.08 bits per heavy atom. The summed E-state index contributed by atoms with van der Waals surface area (Å²) in [7, 11) is 0. The van der Waals surface area contributed by atoms with Crippen LogP contribution in [0.1, 0.15) is 38.8 Å². The van der Waals surface area contributed by atoms with Crippen LogP contribution in [0.25, 0.3) is 0 Å². The van der Waals surface area contributed by atoms with Crippen LogP contribution >= 0.6 is 11.8 Å². The highest BCUT2D eigenvalue weighted by molar-refractivity contribution is 7.99.